The van der Waals surface area contributed by atoms with E-state index in [1.165, 1.54) is 34.7 Å². The molecule has 1 amide bonds. The van der Waals surface area contributed by atoms with E-state index >= 15 is 0 Å². The van der Waals surface area contributed by atoms with Gasteiger partial charge in [-0.25, -0.2) is 0 Å². The van der Waals surface area contributed by atoms with Crippen molar-refractivity contribution in [3.63, 3.8) is 0 Å². The summed E-state index contributed by atoms with van der Waals surface area (Å²) in [5.41, 5.74) is 5.59. The van der Waals surface area contributed by atoms with Crippen molar-refractivity contribution in [1.29, 1.82) is 0 Å². The predicted octanol–water partition coefficient (Wildman–Crippen LogP) is 4.16. The zero-order valence-corrected chi connectivity index (χ0v) is 17.3. The van der Waals surface area contributed by atoms with Crippen molar-refractivity contribution in [3.8, 4) is 0 Å². The van der Waals surface area contributed by atoms with Crippen LogP contribution in [0, 0.1) is 26.7 Å². The van der Waals surface area contributed by atoms with Gasteiger partial charge in [0.15, 0.2) is 10.8 Å². The highest BCUT2D eigenvalue weighted by molar-refractivity contribution is 7.99. The van der Waals surface area contributed by atoms with Crippen LogP contribution in [0.1, 0.15) is 36.5 Å². The van der Waals surface area contributed by atoms with E-state index < -0.39 is 0 Å². The quantitative estimate of drug-likeness (QED) is 0.638. The molecule has 6 heteroatoms. The van der Waals surface area contributed by atoms with Crippen LogP contribution >= 0.6 is 11.8 Å². The number of aryl methyl sites for hydroxylation is 3. The van der Waals surface area contributed by atoms with Crippen LogP contribution in [0.3, 0.4) is 0 Å². The van der Waals surface area contributed by atoms with Crippen molar-refractivity contribution in [2.24, 2.45) is 5.92 Å². The summed E-state index contributed by atoms with van der Waals surface area (Å²) in [5.74, 6) is 1.21. The number of benzene rings is 1. The van der Waals surface area contributed by atoms with Crippen LogP contribution in [0.5, 0.6) is 0 Å². The Morgan fingerprint density at radius 2 is 1.89 bits per heavy atom. The van der Waals surface area contributed by atoms with E-state index in [9.17, 15) is 4.79 Å². The highest BCUT2D eigenvalue weighted by atomic mass is 32.2. The molecule has 1 aliphatic rings. The molecule has 0 unspecified atom stereocenters. The second kappa shape index (κ2) is 7.15. The fourth-order valence-electron chi connectivity index (χ4n) is 3.90. The molecular formula is C21H26N4OS. The van der Waals surface area contributed by atoms with Gasteiger partial charge in [0.2, 0.25) is 5.91 Å². The number of thioether (sulfide) groups is 1. The van der Waals surface area contributed by atoms with E-state index in [4.69, 9.17) is 0 Å². The number of amides is 1. The van der Waals surface area contributed by atoms with E-state index in [-0.39, 0.29) is 5.91 Å². The molecule has 0 saturated carbocycles. The molecule has 2 aromatic heterocycles. The molecule has 0 radical (unpaired) electrons. The van der Waals surface area contributed by atoms with Crippen LogP contribution in [0.15, 0.2) is 23.4 Å². The molecule has 0 N–H and O–H groups in total. The average Bonchev–Trinajstić information content (AvgIpc) is 3.06. The lowest BCUT2D eigenvalue weighted by Crippen LogP contribution is -2.40. The monoisotopic (exact) mass is 382 g/mol. The Hall–Kier alpha value is -2.08. The molecule has 0 bridgehead atoms. The number of hydrogen-bond donors (Lipinski definition) is 0. The van der Waals surface area contributed by atoms with Crippen molar-refractivity contribution in [3.05, 3.63) is 34.9 Å². The van der Waals surface area contributed by atoms with Gasteiger partial charge in [-0.2, -0.15) is 0 Å². The molecule has 27 heavy (non-hydrogen) atoms. The summed E-state index contributed by atoms with van der Waals surface area (Å²) in [6.45, 7) is 10.3. The van der Waals surface area contributed by atoms with Gasteiger partial charge in [-0.1, -0.05) is 18.7 Å². The SMILES string of the molecule is Cc1cc2cc(C)c3nnc(SCC(=O)N4CCC[C@H](C)C4)n3c2cc1C. The highest BCUT2D eigenvalue weighted by Gasteiger charge is 2.22. The molecule has 5 nitrogen and oxygen atoms in total. The minimum absolute atomic E-state index is 0.201. The van der Waals surface area contributed by atoms with Gasteiger partial charge in [0.1, 0.15) is 0 Å². The van der Waals surface area contributed by atoms with Crippen LogP contribution in [0.2, 0.25) is 0 Å². The predicted molar refractivity (Wildman–Crippen MR) is 110 cm³/mol. The average molecular weight is 383 g/mol. The van der Waals surface area contributed by atoms with E-state index in [2.05, 4.69) is 60.5 Å². The largest absolute Gasteiger partial charge is 0.342 e. The third-order valence-electron chi connectivity index (χ3n) is 5.58. The van der Waals surface area contributed by atoms with E-state index in [1.54, 1.807) is 0 Å². The molecule has 0 spiro atoms. The maximum Gasteiger partial charge on any atom is 0.233 e. The molecule has 0 aliphatic carbocycles. The topological polar surface area (TPSA) is 50.5 Å². The molecule has 4 rings (SSSR count). The first-order valence-corrected chi connectivity index (χ1v) is 10.6. The van der Waals surface area contributed by atoms with Gasteiger partial charge in [-0.3, -0.25) is 9.20 Å². The van der Waals surface area contributed by atoms with Gasteiger partial charge in [-0.05, 0) is 79.8 Å². The van der Waals surface area contributed by atoms with Crippen LogP contribution in [-0.2, 0) is 4.79 Å². The van der Waals surface area contributed by atoms with Gasteiger partial charge < -0.3 is 4.90 Å². The molecule has 1 fully saturated rings. The number of nitrogens with zero attached hydrogens (tertiary/aromatic N) is 4. The summed E-state index contributed by atoms with van der Waals surface area (Å²) in [6, 6.07) is 6.57. The van der Waals surface area contributed by atoms with Gasteiger partial charge in [0.05, 0.1) is 11.3 Å². The lowest BCUT2D eigenvalue weighted by Gasteiger charge is -2.30. The Kier molecular flexibility index (Phi) is 4.84. The third-order valence-corrected chi connectivity index (χ3v) is 6.49. The number of carbonyl (C=O) groups is 1. The van der Waals surface area contributed by atoms with Crippen molar-refractivity contribution in [2.45, 2.75) is 45.7 Å². The number of aromatic nitrogens is 3. The second-order valence-electron chi connectivity index (χ2n) is 7.84. The minimum Gasteiger partial charge on any atom is -0.342 e. The molecule has 1 aliphatic heterocycles. The Labute approximate surface area is 164 Å². The summed E-state index contributed by atoms with van der Waals surface area (Å²) in [5, 5.41) is 10.8. The molecule has 3 heterocycles. The van der Waals surface area contributed by atoms with Gasteiger partial charge >= 0.3 is 0 Å². The van der Waals surface area contributed by atoms with Gasteiger partial charge in [0, 0.05) is 13.1 Å². The van der Waals surface area contributed by atoms with E-state index in [1.807, 2.05) is 4.90 Å². The zero-order chi connectivity index (χ0) is 19.1. The Morgan fingerprint density at radius 1 is 1.15 bits per heavy atom. The zero-order valence-electron chi connectivity index (χ0n) is 16.5. The molecule has 1 saturated heterocycles. The number of rotatable bonds is 3. The van der Waals surface area contributed by atoms with E-state index in [0.29, 0.717) is 11.7 Å². The smallest absolute Gasteiger partial charge is 0.233 e. The first-order valence-electron chi connectivity index (χ1n) is 9.60. The first kappa shape index (κ1) is 18.3. The van der Waals surface area contributed by atoms with Gasteiger partial charge in [-0.15, -0.1) is 10.2 Å². The van der Waals surface area contributed by atoms with Crippen molar-refractivity contribution in [1.82, 2.24) is 19.5 Å². The summed E-state index contributed by atoms with van der Waals surface area (Å²) < 4.78 is 2.11. The molecule has 142 valence electrons. The summed E-state index contributed by atoms with van der Waals surface area (Å²) in [7, 11) is 0. The Morgan fingerprint density at radius 3 is 2.67 bits per heavy atom. The molecular weight excluding hydrogens is 356 g/mol. The lowest BCUT2D eigenvalue weighted by molar-refractivity contribution is -0.130. The lowest BCUT2D eigenvalue weighted by atomic mass is 10.0. The van der Waals surface area contributed by atoms with Crippen LogP contribution in [0.4, 0.5) is 0 Å². The molecule has 1 aromatic carbocycles. The standard InChI is InChI=1S/C21H26N4OS/c1-13-6-5-7-24(11-13)19(26)12-27-21-23-22-20-16(4)9-17-8-14(2)15(3)10-18(17)25(20)21/h8-10,13H,5-7,11-12H2,1-4H3/t13-/m0/s1. The first-order chi connectivity index (χ1) is 12.9. The number of piperidine rings is 1. The number of likely N-dealkylation sites (tertiary alicyclic amines) is 1. The number of carbonyl (C=O) groups excluding carboxylic acids is 1. The normalized spacial score (nSPS) is 17.8. The third kappa shape index (κ3) is 3.43. The fourth-order valence-corrected chi connectivity index (χ4v) is 4.75. The number of hydrogen-bond acceptors (Lipinski definition) is 4. The van der Waals surface area contributed by atoms with Crippen LogP contribution in [-0.4, -0.2) is 44.2 Å². The maximum atomic E-state index is 12.7. The summed E-state index contributed by atoms with van der Waals surface area (Å²) in [6.07, 6.45) is 2.32. The van der Waals surface area contributed by atoms with Crippen molar-refractivity contribution >= 4 is 34.2 Å². The van der Waals surface area contributed by atoms with Crippen molar-refractivity contribution < 1.29 is 4.79 Å². The molecule has 1 atom stereocenters. The maximum absolute atomic E-state index is 12.7. The summed E-state index contributed by atoms with van der Waals surface area (Å²) in [4.78, 5) is 14.7. The van der Waals surface area contributed by atoms with Crippen LogP contribution < -0.4 is 0 Å². The summed E-state index contributed by atoms with van der Waals surface area (Å²) >= 11 is 1.49. The Balaban J connectivity index is 1.66. The number of pyridine rings is 1. The van der Waals surface area contributed by atoms with Crippen molar-refractivity contribution in [2.75, 3.05) is 18.8 Å². The molecule has 3 aromatic rings. The number of fused-ring (bicyclic) bond motifs is 3. The minimum atomic E-state index is 0.201. The van der Waals surface area contributed by atoms with E-state index in [0.717, 1.165) is 41.4 Å². The highest BCUT2D eigenvalue weighted by Crippen LogP contribution is 2.28. The van der Waals surface area contributed by atoms with Crippen LogP contribution in [0.25, 0.3) is 16.6 Å². The Bertz CT molecular complexity index is 1030. The van der Waals surface area contributed by atoms with Gasteiger partial charge in [0.25, 0.3) is 0 Å². The fraction of sp³-hybridized carbons (Fsp3) is 0.476. The second-order valence-corrected chi connectivity index (χ2v) is 8.78.